The monoisotopic (exact) mass is 457 g/mol. The quantitative estimate of drug-likeness (QED) is 0.339. The molecular weight excluding hydrogens is 434 g/mol. The van der Waals surface area contributed by atoms with Gasteiger partial charge in [0.2, 0.25) is 0 Å². The number of benzene rings is 3. The zero-order valence-electron chi connectivity index (χ0n) is 19.0. The van der Waals surface area contributed by atoms with Crippen LogP contribution in [0.1, 0.15) is 21.5 Å². The van der Waals surface area contributed by atoms with Crippen molar-refractivity contribution in [3.05, 3.63) is 108 Å². The third-order valence-corrected chi connectivity index (χ3v) is 6.59. The highest BCUT2D eigenvalue weighted by molar-refractivity contribution is 6.06. The van der Waals surface area contributed by atoms with Gasteiger partial charge in [0, 0.05) is 42.1 Å². The molecule has 3 heterocycles. The maximum absolute atomic E-state index is 13.4. The van der Waals surface area contributed by atoms with Crippen molar-refractivity contribution in [3.63, 3.8) is 0 Å². The smallest absolute Gasteiger partial charge is 0.256 e. The van der Waals surface area contributed by atoms with Crippen LogP contribution < -0.4 is 5.73 Å². The molecule has 6 heteroatoms. The van der Waals surface area contributed by atoms with Gasteiger partial charge in [0.15, 0.2) is 0 Å². The van der Waals surface area contributed by atoms with Crippen LogP contribution in [0, 0.1) is 0 Å². The van der Waals surface area contributed by atoms with Crippen molar-refractivity contribution in [2.75, 3.05) is 12.3 Å². The molecule has 2 aromatic heterocycles. The second-order valence-electron chi connectivity index (χ2n) is 8.76. The van der Waals surface area contributed by atoms with Crippen molar-refractivity contribution < 1.29 is 4.79 Å². The fraction of sp³-hybridized carbons (Fsp3) is 0.0690. The number of amides is 1. The highest BCUT2D eigenvalue weighted by atomic mass is 16.2. The Kier molecular flexibility index (Phi) is 4.92. The molecule has 0 aliphatic carbocycles. The van der Waals surface area contributed by atoms with E-state index in [0.717, 1.165) is 50.0 Å². The summed E-state index contributed by atoms with van der Waals surface area (Å²) in [7, 11) is 0. The number of nitrogens with two attached hydrogens (primary N) is 1. The Balaban J connectivity index is 1.39. The van der Waals surface area contributed by atoms with Gasteiger partial charge in [0.25, 0.3) is 5.91 Å². The molecule has 6 nitrogen and oxygen atoms in total. The lowest BCUT2D eigenvalue weighted by molar-refractivity contribution is 0.0800. The number of fused-ring (bicyclic) bond motifs is 2. The minimum Gasteiger partial charge on any atom is -0.398 e. The molecule has 170 valence electrons. The van der Waals surface area contributed by atoms with E-state index in [0.29, 0.717) is 24.3 Å². The number of anilines is 1. The molecule has 0 spiro atoms. The van der Waals surface area contributed by atoms with Crippen molar-refractivity contribution in [1.29, 1.82) is 0 Å². The first-order valence-electron chi connectivity index (χ1n) is 11.4. The Morgan fingerprint density at radius 2 is 1.80 bits per heavy atom. The molecule has 0 atom stereocenters. The third-order valence-electron chi connectivity index (χ3n) is 6.59. The summed E-state index contributed by atoms with van der Waals surface area (Å²) in [5.41, 5.74) is 15.1. The Bertz CT molecular complexity index is 1590. The van der Waals surface area contributed by atoms with Crippen LogP contribution >= 0.6 is 0 Å². The minimum absolute atomic E-state index is 0.0658. The molecule has 3 N–H and O–H groups in total. The summed E-state index contributed by atoms with van der Waals surface area (Å²) in [4.78, 5) is 19.2. The van der Waals surface area contributed by atoms with Crippen LogP contribution in [0.5, 0.6) is 0 Å². The summed E-state index contributed by atoms with van der Waals surface area (Å²) in [6.07, 6.45) is 3.46. The molecule has 0 saturated carbocycles. The predicted octanol–water partition coefficient (Wildman–Crippen LogP) is 5.54. The molecule has 35 heavy (non-hydrogen) atoms. The summed E-state index contributed by atoms with van der Waals surface area (Å²) in [6, 6.07) is 24.0. The largest absolute Gasteiger partial charge is 0.398 e. The Morgan fingerprint density at radius 3 is 2.60 bits per heavy atom. The van der Waals surface area contributed by atoms with Gasteiger partial charge in [0.05, 0.1) is 16.8 Å². The lowest BCUT2D eigenvalue weighted by Crippen LogP contribution is -2.25. The van der Waals surface area contributed by atoms with Crippen molar-refractivity contribution >= 4 is 28.1 Å². The normalized spacial score (nSPS) is 12.8. The number of hydrogen-bond acceptors (Lipinski definition) is 4. The van der Waals surface area contributed by atoms with Gasteiger partial charge in [-0.25, -0.2) is 0 Å². The molecule has 1 aliphatic heterocycles. The van der Waals surface area contributed by atoms with Crippen molar-refractivity contribution in [3.8, 4) is 22.4 Å². The molecule has 0 bridgehead atoms. The summed E-state index contributed by atoms with van der Waals surface area (Å²) in [5, 5.41) is 8.72. The topological polar surface area (TPSA) is 87.9 Å². The van der Waals surface area contributed by atoms with E-state index in [4.69, 9.17) is 5.73 Å². The van der Waals surface area contributed by atoms with Gasteiger partial charge in [-0.3, -0.25) is 14.9 Å². The second kappa shape index (κ2) is 8.25. The highest BCUT2D eigenvalue weighted by Gasteiger charge is 2.32. The summed E-state index contributed by atoms with van der Waals surface area (Å²) >= 11 is 0. The molecule has 1 amide bonds. The van der Waals surface area contributed by atoms with Crippen LogP contribution in [0.15, 0.2) is 91.8 Å². The van der Waals surface area contributed by atoms with E-state index in [2.05, 4.69) is 46.0 Å². The van der Waals surface area contributed by atoms with E-state index in [-0.39, 0.29) is 5.91 Å². The van der Waals surface area contributed by atoms with Crippen molar-refractivity contribution in [2.45, 2.75) is 6.54 Å². The van der Waals surface area contributed by atoms with E-state index in [1.807, 2.05) is 48.5 Å². The maximum atomic E-state index is 13.4. The molecule has 5 aromatic rings. The molecule has 0 unspecified atom stereocenters. The highest BCUT2D eigenvalue weighted by Crippen LogP contribution is 2.38. The van der Waals surface area contributed by atoms with E-state index >= 15 is 0 Å². The van der Waals surface area contributed by atoms with Crippen molar-refractivity contribution in [2.24, 2.45) is 0 Å². The van der Waals surface area contributed by atoms with Crippen LogP contribution in [-0.4, -0.2) is 32.5 Å². The van der Waals surface area contributed by atoms with E-state index in [9.17, 15) is 4.79 Å². The Hall–Kier alpha value is -4.71. The first-order valence-corrected chi connectivity index (χ1v) is 11.4. The molecule has 1 aliphatic rings. The van der Waals surface area contributed by atoms with Crippen molar-refractivity contribution in [1.82, 2.24) is 20.1 Å². The second-order valence-corrected chi connectivity index (χ2v) is 8.76. The molecular formula is C29H23N5O. The van der Waals surface area contributed by atoms with E-state index in [1.165, 1.54) is 0 Å². The van der Waals surface area contributed by atoms with E-state index < -0.39 is 0 Å². The lowest BCUT2D eigenvalue weighted by atomic mass is 9.94. The van der Waals surface area contributed by atoms with Crippen LogP contribution in [0.4, 0.5) is 5.69 Å². The minimum atomic E-state index is -0.0658. The van der Waals surface area contributed by atoms with Gasteiger partial charge in [0.1, 0.15) is 0 Å². The van der Waals surface area contributed by atoms with Gasteiger partial charge in [-0.15, -0.1) is 0 Å². The molecule has 6 rings (SSSR count). The first kappa shape index (κ1) is 20.9. The number of H-pyrrole nitrogens is 1. The molecule has 3 aromatic carbocycles. The Labute approximate surface area is 202 Å². The summed E-state index contributed by atoms with van der Waals surface area (Å²) in [6.45, 7) is 5.10. The molecule has 0 saturated heterocycles. The van der Waals surface area contributed by atoms with E-state index in [1.54, 1.807) is 17.3 Å². The number of rotatable bonds is 5. The summed E-state index contributed by atoms with van der Waals surface area (Å²) < 4.78 is 0. The fourth-order valence-corrected chi connectivity index (χ4v) is 4.81. The number of carbonyl (C=O) groups is 1. The predicted molar refractivity (Wildman–Crippen MR) is 139 cm³/mol. The number of aromatic amines is 1. The SMILES string of the molecule is C=C(CN1Cc2c(-c3ccc4[nH]nc(-c5ccccc5)c4c3)ccc(N)c2C1=O)c1ccncc1. The van der Waals surface area contributed by atoms with Gasteiger partial charge >= 0.3 is 0 Å². The van der Waals surface area contributed by atoms with Crippen LogP contribution in [0.25, 0.3) is 38.9 Å². The first-order chi connectivity index (χ1) is 17.1. The van der Waals surface area contributed by atoms with Gasteiger partial charge < -0.3 is 10.6 Å². The number of nitrogen functional groups attached to an aromatic ring is 1. The van der Waals surface area contributed by atoms with Crippen LogP contribution in [-0.2, 0) is 6.54 Å². The number of pyridine rings is 1. The third kappa shape index (κ3) is 3.56. The maximum Gasteiger partial charge on any atom is 0.256 e. The fourth-order valence-electron chi connectivity index (χ4n) is 4.81. The Morgan fingerprint density at radius 1 is 1.00 bits per heavy atom. The number of carbonyl (C=O) groups excluding carboxylic acids is 1. The standard InChI is InChI=1S/C29H23N5O/c1-18(19-11-13-31-14-12-19)16-34-17-24-22(8-9-25(30)27(24)29(34)35)21-7-10-26-23(15-21)28(33-32-26)20-5-3-2-4-6-20/h2-15H,1,16-17,30H2,(H,32,33). The number of aromatic nitrogens is 3. The molecule has 0 fully saturated rings. The molecule has 0 radical (unpaired) electrons. The zero-order valence-corrected chi connectivity index (χ0v) is 19.0. The number of nitrogens with one attached hydrogen (secondary N) is 1. The average molecular weight is 458 g/mol. The number of nitrogens with zero attached hydrogens (tertiary/aromatic N) is 3. The average Bonchev–Trinajstić information content (AvgIpc) is 3.46. The zero-order chi connectivity index (χ0) is 23.9. The van der Waals surface area contributed by atoms with Crippen LogP contribution in [0.2, 0.25) is 0 Å². The van der Waals surface area contributed by atoms with Crippen LogP contribution in [0.3, 0.4) is 0 Å². The number of hydrogen-bond donors (Lipinski definition) is 2. The lowest BCUT2D eigenvalue weighted by Gasteiger charge is -2.17. The van der Waals surface area contributed by atoms with Gasteiger partial charge in [-0.1, -0.05) is 49.0 Å². The summed E-state index contributed by atoms with van der Waals surface area (Å²) in [5.74, 6) is -0.0658. The van der Waals surface area contributed by atoms with Gasteiger partial charge in [-0.2, -0.15) is 5.10 Å². The van der Waals surface area contributed by atoms with Gasteiger partial charge in [-0.05, 0) is 58.2 Å².